The van der Waals surface area contributed by atoms with Crippen molar-refractivity contribution >= 4 is 45.1 Å². The van der Waals surface area contributed by atoms with Crippen molar-refractivity contribution < 1.29 is 9.53 Å². The fraction of sp³-hybridized carbons (Fsp3) is 0.400. The highest BCUT2D eigenvalue weighted by molar-refractivity contribution is 6.35. The SMILES string of the molecule is C=CC(=O)N1CCN(c2nc(=O)n3c4c(c(-c5c(C)ccc6[nH]ncc56)c(Cl)cc24)OCC3CN2CCC2)[C@@H](C)C1. The van der Waals surface area contributed by atoms with Gasteiger partial charge in [0.2, 0.25) is 5.91 Å². The second-order valence-corrected chi connectivity index (χ2v) is 11.7. The molecule has 0 spiro atoms. The van der Waals surface area contributed by atoms with Gasteiger partial charge in [0.1, 0.15) is 12.4 Å². The lowest BCUT2D eigenvalue weighted by Crippen LogP contribution is -2.54. The van der Waals surface area contributed by atoms with Gasteiger partial charge in [0.15, 0.2) is 5.75 Å². The number of carbonyl (C=O) groups excluding carboxylic acids is 1. The number of hydrogen-bond donors (Lipinski definition) is 1. The summed E-state index contributed by atoms with van der Waals surface area (Å²) in [6.45, 7) is 12.4. The van der Waals surface area contributed by atoms with E-state index in [1.54, 1.807) is 11.1 Å². The number of halogens is 1. The molecule has 0 aliphatic carbocycles. The minimum absolute atomic E-state index is 0.0665. The molecule has 2 saturated heterocycles. The first kappa shape index (κ1) is 26.0. The predicted octanol–water partition coefficient (Wildman–Crippen LogP) is 3.76. The van der Waals surface area contributed by atoms with Crippen LogP contribution in [0.1, 0.15) is 24.9 Å². The number of nitrogens with zero attached hydrogens (tertiary/aromatic N) is 6. The molecule has 4 aromatic rings. The molecule has 212 valence electrons. The first-order chi connectivity index (χ1) is 19.9. The van der Waals surface area contributed by atoms with Crippen LogP contribution in [0.2, 0.25) is 5.02 Å². The molecule has 3 aliphatic rings. The highest BCUT2D eigenvalue weighted by Crippen LogP contribution is 2.49. The third kappa shape index (κ3) is 4.11. The zero-order valence-corrected chi connectivity index (χ0v) is 23.9. The lowest BCUT2D eigenvalue weighted by Gasteiger charge is -2.41. The minimum atomic E-state index is -0.300. The second kappa shape index (κ2) is 9.88. The maximum Gasteiger partial charge on any atom is 0.350 e. The Morgan fingerprint density at radius 1 is 1.22 bits per heavy atom. The number of anilines is 1. The quantitative estimate of drug-likeness (QED) is 0.363. The van der Waals surface area contributed by atoms with Crippen LogP contribution in [0, 0.1) is 6.92 Å². The average Bonchev–Trinajstić information content (AvgIpc) is 3.42. The van der Waals surface area contributed by atoms with Crippen LogP contribution in [0.4, 0.5) is 5.82 Å². The van der Waals surface area contributed by atoms with E-state index >= 15 is 0 Å². The number of amides is 1. The van der Waals surface area contributed by atoms with Crippen molar-refractivity contribution in [3.05, 3.63) is 58.1 Å². The van der Waals surface area contributed by atoms with Gasteiger partial charge in [-0.3, -0.25) is 14.5 Å². The normalized spacial score (nSPS) is 20.8. The van der Waals surface area contributed by atoms with Crippen LogP contribution < -0.4 is 15.3 Å². The fourth-order valence-electron chi connectivity index (χ4n) is 6.57. The van der Waals surface area contributed by atoms with Crippen molar-refractivity contribution in [2.75, 3.05) is 50.8 Å². The number of aromatic amines is 1. The molecule has 7 rings (SSSR count). The lowest BCUT2D eigenvalue weighted by molar-refractivity contribution is -0.126. The van der Waals surface area contributed by atoms with Crippen molar-refractivity contribution in [2.45, 2.75) is 32.4 Å². The van der Waals surface area contributed by atoms with E-state index in [0.717, 1.165) is 59.0 Å². The third-order valence-corrected chi connectivity index (χ3v) is 9.07. The molecule has 11 heteroatoms. The Hall–Kier alpha value is -3.89. The average molecular weight is 574 g/mol. The number of aromatic nitrogens is 4. The zero-order chi connectivity index (χ0) is 28.4. The molecule has 0 bridgehead atoms. The number of likely N-dealkylation sites (tertiary alicyclic amines) is 1. The second-order valence-electron chi connectivity index (χ2n) is 11.3. The number of hydrogen-bond acceptors (Lipinski definition) is 7. The monoisotopic (exact) mass is 573 g/mol. The van der Waals surface area contributed by atoms with Crippen LogP contribution in [-0.4, -0.2) is 87.4 Å². The number of rotatable bonds is 5. The van der Waals surface area contributed by atoms with Gasteiger partial charge in [-0.1, -0.05) is 24.2 Å². The molecule has 10 nitrogen and oxygen atoms in total. The van der Waals surface area contributed by atoms with Crippen LogP contribution >= 0.6 is 11.6 Å². The first-order valence-corrected chi connectivity index (χ1v) is 14.5. The van der Waals surface area contributed by atoms with Gasteiger partial charge in [-0.05, 0) is 57.1 Å². The summed E-state index contributed by atoms with van der Waals surface area (Å²) < 4.78 is 8.42. The van der Waals surface area contributed by atoms with Gasteiger partial charge >= 0.3 is 5.69 Å². The van der Waals surface area contributed by atoms with E-state index in [4.69, 9.17) is 16.3 Å². The summed E-state index contributed by atoms with van der Waals surface area (Å²) in [6, 6.07) is 5.73. The summed E-state index contributed by atoms with van der Waals surface area (Å²) in [7, 11) is 0. The third-order valence-electron chi connectivity index (χ3n) is 8.77. The van der Waals surface area contributed by atoms with Crippen LogP contribution in [0.5, 0.6) is 5.75 Å². The van der Waals surface area contributed by atoms with E-state index in [2.05, 4.69) is 31.6 Å². The topological polar surface area (TPSA) is 99.6 Å². The van der Waals surface area contributed by atoms with Crippen LogP contribution in [0.25, 0.3) is 32.9 Å². The Labute approximate surface area is 242 Å². The van der Waals surface area contributed by atoms with Crippen molar-refractivity contribution in [2.24, 2.45) is 0 Å². The highest BCUT2D eigenvalue weighted by atomic mass is 35.5. The molecule has 0 radical (unpaired) electrons. The van der Waals surface area contributed by atoms with E-state index < -0.39 is 0 Å². The predicted molar refractivity (Wildman–Crippen MR) is 160 cm³/mol. The Morgan fingerprint density at radius 2 is 2.05 bits per heavy atom. The zero-order valence-electron chi connectivity index (χ0n) is 23.2. The largest absolute Gasteiger partial charge is 0.488 e. The van der Waals surface area contributed by atoms with Gasteiger partial charge in [-0.25, -0.2) is 4.79 Å². The molecule has 0 saturated carbocycles. The number of piperazine rings is 1. The molecule has 3 aliphatic heterocycles. The number of carbonyl (C=O) groups is 1. The molecule has 2 atom stereocenters. The first-order valence-electron chi connectivity index (χ1n) is 14.1. The number of aryl methyl sites for hydroxylation is 1. The van der Waals surface area contributed by atoms with Gasteiger partial charge in [-0.2, -0.15) is 10.1 Å². The minimum Gasteiger partial charge on any atom is -0.488 e. The molecule has 1 unspecified atom stereocenters. The van der Waals surface area contributed by atoms with E-state index in [1.165, 1.54) is 6.08 Å². The van der Waals surface area contributed by atoms with E-state index in [1.807, 2.05) is 36.6 Å². The lowest BCUT2D eigenvalue weighted by atomic mass is 9.94. The molecular formula is C30H32ClN7O3. The van der Waals surface area contributed by atoms with Crippen LogP contribution in [0.15, 0.2) is 41.8 Å². The Bertz CT molecular complexity index is 1780. The summed E-state index contributed by atoms with van der Waals surface area (Å²) >= 11 is 7.14. The number of benzene rings is 2. The smallest absolute Gasteiger partial charge is 0.350 e. The Kier molecular flexibility index (Phi) is 6.28. The van der Waals surface area contributed by atoms with Crippen molar-refractivity contribution in [1.82, 2.24) is 29.5 Å². The summed E-state index contributed by atoms with van der Waals surface area (Å²) in [5, 5.41) is 9.56. The Morgan fingerprint density at radius 3 is 2.78 bits per heavy atom. The molecule has 1 N–H and O–H groups in total. The maximum atomic E-state index is 13.9. The van der Waals surface area contributed by atoms with Crippen molar-refractivity contribution in [3.8, 4) is 16.9 Å². The van der Waals surface area contributed by atoms with E-state index in [0.29, 0.717) is 48.3 Å². The van der Waals surface area contributed by atoms with Gasteiger partial charge in [0.05, 0.1) is 28.3 Å². The number of fused-ring (bicyclic) bond motifs is 1. The molecule has 1 amide bonds. The maximum absolute atomic E-state index is 13.9. The molecule has 2 aromatic carbocycles. The summed E-state index contributed by atoms with van der Waals surface area (Å²) in [4.78, 5) is 37.1. The summed E-state index contributed by atoms with van der Waals surface area (Å²) in [6.07, 6.45) is 4.31. The molecule has 41 heavy (non-hydrogen) atoms. The van der Waals surface area contributed by atoms with Gasteiger partial charge < -0.3 is 19.4 Å². The van der Waals surface area contributed by atoms with Crippen LogP contribution in [-0.2, 0) is 4.79 Å². The number of nitrogens with one attached hydrogen (secondary N) is 1. The van der Waals surface area contributed by atoms with Crippen molar-refractivity contribution in [1.29, 1.82) is 0 Å². The molecular weight excluding hydrogens is 542 g/mol. The van der Waals surface area contributed by atoms with Gasteiger partial charge in [0.25, 0.3) is 0 Å². The van der Waals surface area contributed by atoms with E-state index in [-0.39, 0.29) is 23.7 Å². The van der Waals surface area contributed by atoms with Crippen LogP contribution in [0.3, 0.4) is 0 Å². The summed E-state index contributed by atoms with van der Waals surface area (Å²) in [5.41, 5.74) is 4.03. The number of H-pyrrole nitrogens is 1. The van der Waals surface area contributed by atoms with Gasteiger partial charge in [-0.15, -0.1) is 0 Å². The highest BCUT2D eigenvalue weighted by Gasteiger charge is 2.35. The van der Waals surface area contributed by atoms with E-state index in [9.17, 15) is 9.59 Å². The van der Waals surface area contributed by atoms with Crippen molar-refractivity contribution in [3.63, 3.8) is 0 Å². The molecule has 2 fully saturated rings. The standard InChI is InChI=1S/C30H32ClN7O3/c1-4-24(39)36-10-11-37(18(3)14-36)29-20-12-22(31)26(25-17(2)6-7-23-21(25)13-32-34-23)28-27(20)38(30(40)33-29)19(16-41-28)15-35-8-5-9-35/h4,6-7,12-13,18-19H,1,5,8-11,14-16H2,2-3H3,(H,32,34)/t18-,19?/m0/s1. The summed E-state index contributed by atoms with van der Waals surface area (Å²) in [5.74, 6) is 1.07. The number of ether oxygens (including phenoxy) is 1. The molecule has 2 aromatic heterocycles. The Balaban J connectivity index is 1.46. The van der Waals surface area contributed by atoms with Gasteiger partial charge in [0, 0.05) is 54.1 Å². The fourth-order valence-corrected chi connectivity index (χ4v) is 6.86. The molecule has 5 heterocycles.